The SMILES string of the molecule is CB(C)C.CNC. The van der Waals surface area contributed by atoms with Crippen LogP contribution in [0.25, 0.3) is 0 Å². The van der Waals surface area contributed by atoms with Crippen molar-refractivity contribution in [3.05, 3.63) is 0 Å². The van der Waals surface area contributed by atoms with E-state index < -0.39 is 0 Å². The first-order valence-corrected chi connectivity index (χ1v) is 2.73. The molecule has 0 aromatic heterocycles. The fourth-order valence-corrected chi connectivity index (χ4v) is 0. The Morgan fingerprint density at radius 1 is 1.00 bits per heavy atom. The summed E-state index contributed by atoms with van der Waals surface area (Å²) in [5.74, 6) is 0. The van der Waals surface area contributed by atoms with Crippen molar-refractivity contribution in [1.82, 2.24) is 5.32 Å². The number of hydrogen-bond donors (Lipinski definition) is 1. The summed E-state index contributed by atoms with van der Waals surface area (Å²) < 4.78 is 0. The molecule has 0 heterocycles. The van der Waals surface area contributed by atoms with Crippen LogP contribution >= 0.6 is 0 Å². The van der Waals surface area contributed by atoms with Gasteiger partial charge in [0.25, 0.3) is 0 Å². The molecule has 0 saturated heterocycles. The summed E-state index contributed by atoms with van der Waals surface area (Å²) in [6.45, 7) is 7.33. The molecule has 2 heteroatoms. The fraction of sp³-hybridized carbons (Fsp3) is 1.00. The third-order valence-electron chi connectivity index (χ3n) is 0. The van der Waals surface area contributed by atoms with Gasteiger partial charge in [-0.25, -0.2) is 0 Å². The molecule has 0 atom stereocenters. The molecule has 0 spiro atoms. The smallest absolute Gasteiger partial charge is 0.130 e. The van der Waals surface area contributed by atoms with E-state index in [0.29, 0.717) is 0 Å². The van der Waals surface area contributed by atoms with Crippen molar-refractivity contribution in [1.29, 1.82) is 0 Å². The van der Waals surface area contributed by atoms with Crippen LogP contribution in [0, 0.1) is 0 Å². The van der Waals surface area contributed by atoms with E-state index in [-0.39, 0.29) is 0 Å². The van der Waals surface area contributed by atoms with E-state index in [0.717, 1.165) is 6.71 Å². The summed E-state index contributed by atoms with van der Waals surface area (Å²) in [7, 11) is 3.75. The van der Waals surface area contributed by atoms with E-state index >= 15 is 0 Å². The number of rotatable bonds is 0. The minimum absolute atomic E-state index is 0.833. The van der Waals surface area contributed by atoms with E-state index in [1.807, 2.05) is 14.1 Å². The van der Waals surface area contributed by atoms with E-state index in [2.05, 4.69) is 25.8 Å². The molecule has 0 unspecified atom stereocenters. The zero-order valence-corrected chi connectivity index (χ0v) is 6.08. The Labute approximate surface area is 47.6 Å². The third-order valence-corrected chi connectivity index (χ3v) is 0. The predicted molar refractivity (Wildman–Crippen MR) is 38.3 cm³/mol. The highest BCUT2D eigenvalue weighted by molar-refractivity contribution is 6.54. The van der Waals surface area contributed by atoms with Crippen LogP contribution in [-0.2, 0) is 0 Å². The van der Waals surface area contributed by atoms with Gasteiger partial charge in [-0.05, 0) is 14.1 Å². The van der Waals surface area contributed by atoms with Gasteiger partial charge in [0.15, 0.2) is 0 Å². The van der Waals surface area contributed by atoms with Crippen molar-refractivity contribution >= 4 is 6.71 Å². The van der Waals surface area contributed by atoms with Gasteiger partial charge in [0, 0.05) is 0 Å². The zero-order chi connectivity index (χ0) is 6.28. The van der Waals surface area contributed by atoms with Gasteiger partial charge in [0.05, 0.1) is 0 Å². The lowest BCUT2D eigenvalue weighted by molar-refractivity contribution is 1.02. The maximum atomic E-state index is 2.75. The molecule has 0 aromatic carbocycles. The average molecular weight is 101 g/mol. The normalized spacial score (nSPS) is 6.43. The molecule has 0 saturated carbocycles. The standard InChI is InChI=1S/C3H9B.C2H7N/c1-4(2)3;1-3-2/h1-3H3;3H,1-2H3. The Balaban J connectivity index is 0. The second kappa shape index (κ2) is 9.39. The van der Waals surface area contributed by atoms with Crippen molar-refractivity contribution in [2.24, 2.45) is 0 Å². The fourth-order valence-electron chi connectivity index (χ4n) is 0. The van der Waals surface area contributed by atoms with Crippen LogP contribution in [0.5, 0.6) is 0 Å². The molecule has 0 bridgehead atoms. The van der Waals surface area contributed by atoms with Crippen LogP contribution in [0.15, 0.2) is 0 Å². The largest absolute Gasteiger partial charge is 0.323 e. The Bertz CT molecular complexity index is 19.3. The summed E-state index contributed by atoms with van der Waals surface area (Å²) in [5.41, 5.74) is 0. The molecule has 0 aromatic rings. The van der Waals surface area contributed by atoms with Crippen molar-refractivity contribution in [2.75, 3.05) is 14.1 Å². The highest BCUT2D eigenvalue weighted by Crippen LogP contribution is 1.68. The molecule has 7 heavy (non-hydrogen) atoms. The van der Waals surface area contributed by atoms with Crippen LogP contribution < -0.4 is 5.32 Å². The van der Waals surface area contributed by atoms with Crippen LogP contribution in [0.1, 0.15) is 0 Å². The van der Waals surface area contributed by atoms with Crippen molar-refractivity contribution in [3.63, 3.8) is 0 Å². The Kier molecular flexibility index (Phi) is 13.5. The molecule has 0 aliphatic carbocycles. The lowest BCUT2D eigenvalue weighted by Gasteiger charge is -1.71. The van der Waals surface area contributed by atoms with Gasteiger partial charge in [-0.1, -0.05) is 20.5 Å². The molecule has 1 N–H and O–H groups in total. The first-order chi connectivity index (χ1) is 3.15. The van der Waals surface area contributed by atoms with Gasteiger partial charge < -0.3 is 5.32 Å². The molecule has 0 aliphatic rings. The monoisotopic (exact) mass is 101 g/mol. The topological polar surface area (TPSA) is 12.0 Å². The summed E-state index contributed by atoms with van der Waals surface area (Å²) in [5, 5.41) is 2.75. The lowest BCUT2D eigenvalue weighted by Crippen LogP contribution is -1.89. The molecule has 0 rings (SSSR count). The van der Waals surface area contributed by atoms with Crippen LogP contribution in [0.3, 0.4) is 0 Å². The Morgan fingerprint density at radius 3 is 1.00 bits per heavy atom. The average Bonchev–Trinajstić information content (AvgIpc) is 1.33. The number of hydrogen-bond acceptors (Lipinski definition) is 1. The quantitative estimate of drug-likeness (QED) is 0.452. The Hall–Kier alpha value is 0.0249. The molecule has 0 amide bonds. The Morgan fingerprint density at radius 2 is 1.00 bits per heavy atom. The van der Waals surface area contributed by atoms with Crippen LogP contribution in [0.4, 0.5) is 0 Å². The molecular weight excluding hydrogens is 84.9 g/mol. The van der Waals surface area contributed by atoms with Gasteiger partial charge in [-0.2, -0.15) is 0 Å². The van der Waals surface area contributed by atoms with E-state index in [1.165, 1.54) is 0 Å². The second-order valence-corrected chi connectivity index (χ2v) is 2.23. The summed E-state index contributed by atoms with van der Waals surface area (Å²) >= 11 is 0. The van der Waals surface area contributed by atoms with Crippen molar-refractivity contribution in [2.45, 2.75) is 20.5 Å². The maximum absolute atomic E-state index is 2.75. The molecular formula is C5H16BN. The van der Waals surface area contributed by atoms with Crippen LogP contribution in [-0.4, -0.2) is 20.8 Å². The molecule has 0 radical (unpaired) electrons. The van der Waals surface area contributed by atoms with E-state index in [4.69, 9.17) is 0 Å². The molecule has 44 valence electrons. The van der Waals surface area contributed by atoms with E-state index in [9.17, 15) is 0 Å². The van der Waals surface area contributed by atoms with Crippen molar-refractivity contribution in [3.8, 4) is 0 Å². The summed E-state index contributed by atoms with van der Waals surface area (Å²) in [6.07, 6.45) is 0. The summed E-state index contributed by atoms with van der Waals surface area (Å²) in [6, 6.07) is 0. The first kappa shape index (κ1) is 10.1. The van der Waals surface area contributed by atoms with Gasteiger partial charge in [-0.15, -0.1) is 0 Å². The first-order valence-electron chi connectivity index (χ1n) is 2.73. The zero-order valence-electron chi connectivity index (χ0n) is 6.08. The van der Waals surface area contributed by atoms with Gasteiger partial charge in [0.1, 0.15) is 6.71 Å². The summed E-state index contributed by atoms with van der Waals surface area (Å²) in [4.78, 5) is 0. The highest BCUT2D eigenvalue weighted by Gasteiger charge is 1.76. The highest BCUT2D eigenvalue weighted by atomic mass is 14.7. The minimum atomic E-state index is 0.833. The minimum Gasteiger partial charge on any atom is -0.323 e. The van der Waals surface area contributed by atoms with Crippen LogP contribution in [0.2, 0.25) is 20.5 Å². The van der Waals surface area contributed by atoms with Gasteiger partial charge in [-0.3, -0.25) is 0 Å². The maximum Gasteiger partial charge on any atom is 0.130 e. The van der Waals surface area contributed by atoms with Crippen molar-refractivity contribution < 1.29 is 0 Å². The molecule has 1 nitrogen and oxygen atoms in total. The molecule has 0 fully saturated rings. The molecule has 0 aliphatic heterocycles. The van der Waals surface area contributed by atoms with Gasteiger partial charge >= 0.3 is 0 Å². The van der Waals surface area contributed by atoms with Gasteiger partial charge in [0.2, 0.25) is 0 Å². The lowest BCUT2D eigenvalue weighted by atomic mass is 9.58. The second-order valence-electron chi connectivity index (χ2n) is 2.23. The predicted octanol–water partition coefficient (Wildman–Crippen LogP) is 1.21. The third kappa shape index (κ3) is 157000. The number of nitrogens with one attached hydrogen (secondary N) is 1. The van der Waals surface area contributed by atoms with E-state index in [1.54, 1.807) is 0 Å².